The number of carbonyl (C=O) groups is 2. The van der Waals surface area contributed by atoms with Gasteiger partial charge in [-0.2, -0.15) is 0 Å². The van der Waals surface area contributed by atoms with Gasteiger partial charge in [0.15, 0.2) is 0 Å². The standard InChI is InChI=1S/C22H20BFN4O2/c1-10-18(9-15-14-8-13(24)4-6-17(14)27-21(15)29)26-11(2)20(10)22(30)28-19-7-12(23)3-5-16(19)25/h3-9,26H,23,25H2,1-2H3,(H,27,29)(H,28,30)/b15-9-. The number of fused-ring (bicyclic) bond motifs is 1. The number of aromatic amines is 1. The second-order valence-electron chi connectivity index (χ2n) is 7.41. The van der Waals surface area contributed by atoms with E-state index in [1.54, 1.807) is 26.0 Å². The zero-order valence-electron chi connectivity index (χ0n) is 16.8. The first kappa shape index (κ1) is 19.5. The highest BCUT2D eigenvalue weighted by Gasteiger charge is 2.26. The molecule has 0 aliphatic carbocycles. The molecule has 3 aromatic rings. The number of amides is 2. The Morgan fingerprint density at radius 2 is 1.97 bits per heavy atom. The van der Waals surface area contributed by atoms with Gasteiger partial charge in [0.05, 0.1) is 22.5 Å². The highest BCUT2D eigenvalue weighted by atomic mass is 19.1. The van der Waals surface area contributed by atoms with Gasteiger partial charge in [-0.15, -0.1) is 0 Å². The number of rotatable bonds is 3. The molecule has 6 nitrogen and oxygen atoms in total. The molecule has 0 atom stereocenters. The molecule has 2 heterocycles. The molecule has 1 aliphatic heterocycles. The van der Waals surface area contributed by atoms with E-state index in [9.17, 15) is 14.0 Å². The first-order valence-corrected chi connectivity index (χ1v) is 9.44. The van der Waals surface area contributed by atoms with E-state index in [0.717, 1.165) is 5.46 Å². The average molecular weight is 402 g/mol. The summed E-state index contributed by atoms with van der Waals surface area (Å²) in [6.45, 7) is 3.58. The smallest absolute Gasteiger partial charge is 0.257 e. The minimum Gasteiger partial charge on any atom is -0.397 e. The van der Waals surface area contributed by atoms with Crippen LogP contribution in [0.5, 0.6) is 0 Å². The maximum atomic E-state index is 13.7. The van der Waals surface area contributed by atoms with Gasteiger partial charge < -0.3 is 21.4 Å². The van der Waals surface area contributed by atoms with Crippen molar-refractivity contribution in [3.05, 3.63) is 70.3 Å². The number of carbonyl (C=O) groups excluding carboxylic acids is 2. The lowest BCUT2D eigenvalue weighted by molar-refractivity contribution is -0.110. The van der Waals surface area contributed by atoms with Crippen molar-refractivity contribution in [1.82, 2.24) is 4.98 Å². The van der Waals surface area contributed by atoms with E-state index >= 15 is 0 Å². The summed E-state index contributed by atoms with van der Waals surface area (Å²) in [7, 11) is 1.92. The highest BCUT2D eigenvalue weighted by molar-refractivity contribution is 6.35. The monoisotopic (exact) mass is 402 g/mol. The third kappa shape index (κ3) is 3.37. The van der Waals surface area contributed by atoms with E-state index in [0.29, 0.717) is 50.7 Å². The van der Waals surface area contributed by atoms with E-state index in [2.05, 4.69) is 15.6 Å². The molecule has 0 spiro atoms. The summed E-state index contributed by atoms with van der Waals surface area (Å²) in [5.41, 5.74) is 11.8. The third-order valence-corrected chi connectivity index (χ3v) is 5.21. The number of hydrogen-bond acceptors (Lipinski definition) is 3. The van der Waals surface area contributed by atoms with Crippen LogP contribution in [-0.4, -0.2) is 24.6 Å². The molecule has 4 rings (SSSR count). The van der Waals surface area contributed by atoms with Crippen LogP contribution in [-0.2, 0) is 4.79 Å². The van der Waals surface area contributed by atoms with Gasteiger partial charge in [0, 0.05) is 22.6 Å². The largest absolute Gasteiger partial charge is 0.397 e. The van der Waals surface area contributed by atoms with Gasteiger partial charge in [0.1, 0.15) is 13.7 Å². The number of nitrogens with two attached hydrogens (primary N) is 1. The molecule has 1 aliphatic rings. The number of nitrogen functional groups attached to an aromatic ring is 1. The van der Waals surface area contributed by atoms with Crippen LogP contribution >= 0.6 is 0 Å². The van der Waals surface area contributed by atoms with Gasteiger partial charge in [0.2, 0.25) is 0 Å². The molecular weight excluding hydrogens is 382 g/mol. The predicted molar refractivity (Wildman–Crippen MR) is 120 cm³/mol. The summed E-state index contributed by atoms with van der Waals surface area (Å²) in [4.78, 5) is 28.5. The quantitative estimate of drug-likeness (QED) is 0.308. The van der Waals surface area contributed by atoms with Gasteiger partial charge >= 0.3 is 0 Å². The fourth-order valence-electron chi connectivity index (χ4n) is 3.67. The van der Waals surface area contributed by atoms with Gasteiger partial charge in [-0.3, -0.25) is 9.59 Å². The van der Waals surface area contributed by atoms with E-state index in [1.807, 2.05) is 20.0 Å². The highest BCUT2D eigenvalue weighted by Crippen LogP contribution is 2.34. The maximum absolute atomic E-state index is 13.7. The van der Waals surface area contributed by atoms with Crippen LogP contribution in [0.4, 0.5) is 21.5 Å². The van der Waals surface area contributed by atoms with Crippen molar-refractivity contribution in [2.75, 3.05) is 16.4 Å². The Hall–Kier alpha value is -3.81. The lowest BCUT2D eigenvalue weighted by atomic mass is 9.95. The Balaban J connectivity index is 1.70. The number of aromatic nitrogens is 1. The van der Waals surface area contributed by atoms with E-state index in [4.69, 9.17) is 5.73 Å². The van der Waals surface area contributed by atoms with Crippen molar-refractivity contribution in [2.24, 2.45) is 0 Å². The Morgan fingerprint density at radius 1 is 1.20 bits per heavy atom. The number of nitrogens with one attached hydrogen (secondary N) is 3. The Bertz CT molecular complexity index is 1250. The van der Waals surface area contributed by atoms with Gasteiger partial charge in [-0.05, 0) is 55.8 Å². The van der Waals surface area contributed by atoms with Crippen LogP contribution in [0.2, 0.25) is 0 Å². The summed E-state index contributed by atoms with van der Waals surface area (Å²) in [5, 5.41) is 5.58. The molecule has 0 saturated carbocycles. The Labute approximate surface area is 173 Å². The maximum Gasteiger partial charge on any atom is 0.257 e. The summed E-state index contributed by atoms with van der Waals surface area (Å²) in [5.74, 6) is -1.04. The van der Waals surface area contributed by atoms with Crippen LogP contribution in [0, 0.1) is 19.7 Å². The molecule has 2 amide bonds. The molecule has 0 bridgehead atoms. The zero-order chi connectivity index (χ0) is 21.6. The average Bonchev–Trinajstić information content (AvgIpc) is 3.14. The van der Waals surface area contributed by atoms with Crippen LogP contribution in [0.3, 0.4) is 0 Å². The minimum absolute atomic E-state index is 0.300. The first-order chi connectivity index (χ1) is 14.2. The molecule has 30 heavy (non-hydrogen) atoms. The summed E-state index contributed by atoms with van der Waals surface area (Å²) in [6.07, 6.45) is 1.64. The van der Waals surface area contributed by atoms with Gasteiger partial charge in [0.25, 0.3) is 11.8 Å². The normalized spacial score (nSPS) is 14.0. The fraction of sp³-hybridized carbons (Fsp3) is 0.0909. The molecule has 0 fully saturated rings. The number of H-pyrrole nitrogens is 1. The summed E-state index contributed by atoms with van der Waals surface area (Å²) >= 11 is 0. The number of halogens is 1. The zero-order valence-corrected chi connectivity index (χ0v) is 16.8. The molecule has 2 aromatic carbocycles. The number of benzene rings is 2. The minimum atomic E-state index is -0.425. The second kappa shape index (κ2) is 7.22. The third-order valence-electron chi connectivity index (χ3n) is 5.21. The Morgan fingerprint density at radius 3 is 2.73 bits per heavy atom. The van der Waals surface area contributed by atoms with Gasteiger partial charge in [-0.25, -0.2) is 4.39 Å². The molecule has 0 unspecified atom stereocenters. The van der Waals surface area contributed by atoms with Crippen LogP contribution in [0.1, 0.15) is 32.9 Å². The van der Waals surface area contributed by atoms with E-state index < -0.39 is 5.82 Å². The summed E-state index contributed by atoms with van der Waals surface area (Å²) < 4.78 is 13.7. The van der Waals surface area contributed by atoms with E-state index in [1.165, 1.54) is 18.2 Å². The topological polar surface area (TPSA) is 100 Å². The van der Waals surface area contributed by atoms with Crippen molar-refractivity contribution >= 4 is 53.8 Å². The van der Waals surface area contributed by atoms with Crippen LogP contribution in [0.15, 0.2) is 36.4 Å². The molecule has 0 saturated heterocycles. The molecular formula is C22H20BFN4O2. The van der Waals surface area contributed by atoms with Crippen LogP contribution in [0.25, 0.3) is 11.6 Å². The fourth-order valence-corrected chi connectivity index (χ4v) is 3.67. The predicted octanol–water partition coefficient (Wildman–Crippen LogP) is 2.36. The molecule has 8 heteroatoms. The lowest BCUT2D eigenvalue weighted by Crippen LogP contribution is -2.16. The van der Waals surface area contributed by atoms with Gasteiger partial charge in [-0.1, -0.05) is 11.5 Å². The van der Waals surface area contributed by atoms with E-state index in [-0.39, 0.29) is 11.8 Å². The molecule has 1 aromatic heterocycles. The second-order valence-corrected chi connectivity index (χ2v) is 7.41. The molecule has 150 valence electrons. The number of hydrogen-bond donors (Lipinski definition) is 4. The SMILES string of the molecule is Bc1ccc(N)c(NC(=O)c2c(C)[nH]c(/C=C3\C(=O)Nc4ccc(F)cc43)c2C)c1. The van der Waals surface area contributed by atoms with Crippen molar-refractivity contribution in [2.45, 2.75) is 13.8 Å². The number of anilines is 3. The van der Waals surface area contributed by atoms with Crippen LogP contribution < -0.4 is 21.8 Å². The Kier molecular flexibility index (Phi) is 4.70. The van der Waals surface area contributed by atoms with Crippen molar-refractivity contribution in [3.63, 3.8) is 0 Å². The van der Waals surface area contributed by atoms with Crippen molar-refractivity contribution in [1.29, 1.82) is 0 Å². The lowest BCUT2D eigenvalue weighted by Gasteiger charge is -2.10. The number of aryl methyl sites for hydroxylation is 1. The summed E-state index contributed by atoms with van der Waals surface area (Å²) in [6, 6.07) is 9.56. The molecule has 5 N–H and O–H groups in total. The van der Waals surface area contributed by atoms with Crippen molar-refractivity contribution in [3.8, 4) is 0 Å². The molecule has 0 radical (unpaired) electrons. The van der Waals surface area contributed by atoms with Crippen molar-refractivity contribution < 1.29 is 14.0 Å². The first-order valence-electron chi connectivity index (χ1n) is 9.44.